The number of aromatic nitrogens is 1. The van der Waals surface area contributed by atoms with Gasteiger partial charge in [0, 0.05) is 17.5 Å². The van der Waals surface area contributed by atoms with E-state index in [0.717, 1.165) is 0 Å². The summed E-state index contributed by atoms with van der Waals surface area (Å²) in [6, 6.07) is 19.7. The van der Waals surface area contributed by atoms with Gasteiger partial charge in [0.2, 0.25) is 5.52 Å². The van der Waals surface area contributed by atoms with Crippen LogP contribution >= 0.6 is 0 Å². The van der Waals surface area contributed by atoms with E-state index in [1.165, 1.54) is 35.2 Å². The summed E-state index contributed by atoms with van der Waals surface area (Å²) in [6.45, 7) is 0. The van der Waals surface area contributed by atoms with Gasteiger partial charge in [-0.1, -0.05) is 30.3 Å². The van der Waals surface area contributed by atoms with E-state index in [1.807, 2.05) is 0 Å². The molecule has 1 heterocycles. The smallest absolute Gasteiger partial charge is 0.212 e. The van der Waals surface area contributed by atoms with Crippen LogP contribution in [0.2, 0.25) is 0 Å². The maximum Gasteiger partial charge on any atom is 0.212 e. The second kappa shape index (κ2) is 6.47. The van der Waals surface area contributed by atoms with Crippen molar-refractivity contribution >= 4 is 21.0 Å². The standard InChI is InChI=1S/C10H10N.C6H6O3S/c1-11-8-4-6-9-5-2-3-7-10(9)11;7-10(8,9)6-4-2-1-3-5-6/h2-8H,1H3;1-5H,(H,7,8,9)/q+1;/p-1. The number of benzene rings is 2. The van der Waals surface area contributed by atoms with Gasteiger partial charge in [0.15, 0.2) is 6.20 Å². The van der Waals surface area contributed by atoms with E-state index in [-0.39, 0.29) is 4.90 Å². The van der Waals surface area contributed by atoms with Crippen LogP contribution in [-0.4, -0.2) is 13.0 Å². The Morgan fingerprint density at radius 3 is 2.00 bits per heavy atom. The normalized spacial score (nSPS) is 10.8. The van der Waals surface area contributed by atoms with Gasteiger partial charge in [-0.3, -0.25) is 0 Å². The lowest BCUT2D eigenvalue weighted by Gasteiger charge is -2.04. The molecule has 0 radical (unpaired) electrons. The van der Waals surface area contributed by atoms with Gasteiger partial charge in [-0.25, -0.2) is 13.0 Å². The molecular formula is C16H15NO3S. The summed E-state index contributed by atoms with van der Waals surface area (Å²) >= 11 is 0. The second-order valence-electron chi connectivity index (χ2n) is 4.45. The average molecular weight is 301 g/mol. The third-order valence-corrected chi connectivity index (χ3v) is 3.78. The third kappa shape index (κ3) is 4.11. The Balaban J connectivity index is 0.000000155. The van der Waals surface area contributed by atoms with Crippen LogP contribution < -0.4 is 4.57 Å². The third-order valence-electron chi connectivity index (χ3n) is 2.93. The van der Waals surface area contributed by atoms with E-state index in [2.05, 4.69) is 54.2 Å². The zero-order valence-corrected chi connectivity index (χ0v) is 12.3. The summed E-state index contributed by atoms with van der Waals surface area (Å²) in [4.78, 5) is -0.185. The van der Waals surface area contributed by atoms with E-state index in [0.29, 0.717) is 0 Å². The number of fused-ring (bicyclic) bond motifs is 1. The van der Waals surface area contributed by atoms with Crippen LogP contribution in [0.3, 0.4) is 0 Å². The van der Waals surface area contributed by atoms with Crippen molar-refractivity contribution in [3.05, 3.63) is 72.9 Å². The van der Waals surface area contributed by atoms with Gasteiger partial charge in [-0.15, -0.1) is 0 Å². The highest BCUT2D eigenvalue weighted by Gasteiger charge is 1.99. The lowest BCUT2D eigenvalue weighted by Crippen LogP contribution is -2.27. The largest absolute Gasteiger partial charge is 0.744 e. The molecule has 0 bridgehead atoms. The van der Waals surface area contributed by atoms with Gasteiger partial charge in [-0.05, 0) is 24.3 Å². The first-order valence-electron chi connectivity index (χ1n) is 6.33. The fourth-order valence-electron chi connectivity index (χ4n) is 1.89. The fourth-order valence-corrected chi connectivity index (χ4v) is 2.38. The van der Waals surface area contributed by atoms with Crippen molar-refractivity contribution in [2.45, 2.75) is 4.90 Å². The average Bonchev–Trinajstić information content (AvgIpc) is 2.49. The van der Waals surface area contributed by atoms with Crippen molar-refractivity contribution in [2.75, 3.05) is 0 Å². The Morgan fingerprint density at radius 2 is 1.43 bits per heavy atom. The monoisotopic (exact) mass is 301 g/mol. The Hall–Kier alpha value is -2.24. The minimum Gasteiger partial charge on any atom is -0.744 e. The molecular weight excluding hydrogens is 286 g/mol. The molecule has 0 saturated carbocycles. The summed E-state index contributed by atoms with van der Waals surface area (Å²) in [5, 5.41) is 1.29. The van der Waals surface area contributed by atoms with Gasteiger partial charge < -0.3 is 4.55 Å². The van der Waals surface area contributed by atoms with Crippen LogP contribution in [0.25, 0.3) is 10.9 Å². The molecule has 0 unspecified atom stereocenters. The van der Waals surface area contributed by atoms with Gasteiger partial charge in [0.05, 0.1) is 4.90 Å². The van der Waals surface area contributed by atoms with Gasteiger partial charge >= 0.3 is 0 Å². The first-order valence-corrected chi connectivity index (χ1v) is 7.73. The van der Waals surface area contributed by atoms with Crippen LogP contribution in [0.15, 0.2) is 77.8 Å². The maximum atomic E-state index is 10.3. The summed E-state index contributed by atoms with van der Waals surface area (Å²) in [7, 11) is -2.19. The Bertz CT molecular complexity index is 825. The van der Waals surface area contributed by atoms with E-state index in [9.17, 15) is 13.0 Å². The quantitative estimate of drug-likeness (QED) is 0.511. The molecule has 0 saturated heterocycles. The zero-order valence-electron chi connectivity index (χ0n) is 11.5. The van der Waals surface area contributed by atoms with E-state index in [4.69, 9.17) is 0 Å². The second-order valence-corrected chi connectivity index (χ2v) is 5.82. The number of hydrogen-bond donors (Lipinski definition) is 0. The van der Waals surface area contributed by atoms with E-state index < -0.39 is 10.1 Å². The molecule has 0 atom stereocenters. The van der Waals surface area contributed by atoms with Crippen molar-refractivity contribution in [1.82, 2.24) is 0 Å². The highest BCUT2D eigenvalue weighted by Crippen LogP contribution is 2.06. The SMILES string of the molecule is C[n+]1cccc2ccccc21.O=S(=O)([O-])c1ccccc1. The van der Waals surface area contributed by atoms with Crippen LogP contribution in [0.5, 0.6) is 0 Å². The first kappa shape index (κ1) is 15.2. The molecule has 0 aliphatic rings. The molecule has 21 heavy (non-hydrogen) atoms. The van der Waals surface area contributed by atoms with Crippen molar-refractivity contribution in [2.24, 2.45) is 7.05 Å². The fraction of sp³-hybridized carbons (Fsp3) is 0.0625. The zero-order chi connectivity index (χ0) is 15.3. The highest BCUT2D eigenvalue weighted by atomic mass is 32.2. The molecule has 0 spiro atoms. The number of rotatable bonds is 1. The first-order chi connectivity index (χ1) is 9.98. The molecule has 108 valence electrons. The molecule has 0 aliphatic heterocycles. The van der Waals surface area contributed by atoms with Crippen molar-refractivity contribution < 1.29 is 17.5 Å². The maximum absolute atomic E-state index is 10.3. The topological polar surface area (TPSA) is 61.1 Å². The summed E-state index contributed by atoms with van der Waals surface area (Å²) < 4.78 is 33.0. The number of nitrogens with zero attached hydrogens (tertiary/aromatic N) is 1. The van der Waals surface area contributed by atoms with Crippen LogP contribution in [0.1, 0.15) is 0 Å². The van der Waals surface area contributed by atoms with Crippen molar-refractivity contribution in [1.29, 1.82) is 0 Å². The lowest BCUT2D eigenvalue weighted by atomic mass is 10.2. The minimum absolute atomic E-state index is 0.185. The number of pyridine rings is 1. The Morgan fingerprint density at radius 1 is 0.857 bits per heavy atom. The van der Waals surface area contributed by atoms with Crippen molar-refractivity contribution in [3.63, 3.8) is 0 Å². The molecule has 0 N–H and O–H groups in total. The number of aryl methyl sites for hydroxylation is 1. The molecule has 0 fully saturated rings. The Labute approximate surface area is 124 Å². The molecule has 3 aromatic rings. The molecule has 2 aromatic carbocycles. The summed E-state index contributed by atoms with van der Waals surface area (Å²) in [5.41, 5.74) is 1.27. The van der Waals surface area contributed by atoms with E-state index in [1.54, 1.807) is 6.07 Å². The molecule has 5 heteroatoms. The van der Waals surface area contributed by atoms with Crippen LogP contribution in [0, 0.1) is 0 Å². The van der Waals surface area contributed by atoms with Gasteiger partial charge in [-0.2, -0.15) is 0 Å². The summed E-state index contributed by atoms with van der Waals surface area (Å²) in [5.74, 6) is 0. The lowest BCUT2D eigenvalue weighted by molar-refractivity contribution is -0.644. The predicted molar refractivity (Wildman–Crippen MR) is 79.5 cm³/mol. The highest BCUT2D eigenvalue weighted by molar-refractivity contribution is 7.85. The molecule has 0 aliphatic carbocycles. The predicted octanol–water partition coefficient (Wildman–Crippen LogP) is 2.25. The molecule has 3 rings (SSSR count). The van der Waals surface area contributed by atoms with Crippen LogP contribution in [0.4, 0.5) is 0 Å². The van der Waals surface area contributed by atoms with Crippen molar-refractivity contribution in [3.8, 4) is 0 Å². The van der Waals surface area contributed by atoms with Gasteiger partial charge in [0.1, 0.15) is 17.2 Å². The van der Waals surface area contributed by atoms with Gasteiger partial charge in [0.25, 0.3) is 0 Å². The summed E-state index contributed by atoms with van der Waals surface area (Å²) in [6.07, 6.45) is 2.06. The molecule has 0 amide bonds. The number of hydrogen-bond acceptors (Lipinski definition) is 3. The van der Waals surface area contributed by atoms with E-state index >= 15 is 0 Å². The number of para-hydroxylation sites is 1. The molecule has 4 nitrogen and oxygen atoms in total. The molecule has 1 aromatic heterocycles. The minimum atomic E-state index is -4.25. The Kier molecular flexibility index (Phi) is 4.67. The van der Waals surface area contributed by atoms with Crippen LogP contribution in [-0.2, 0) is 17.2 Å².